The predicted octanol–water partition coefficient (Wildman–Crippen LogP) is 5.46. The molecule has 2 aromatic rings. The van der Waals surface area contributed by atoms with Crippen molar-refractivity contribution in [2.75, 3.05) is 19.0 Å². The molecule has 0 fully saturated rings. The number of nitrogens with zero attached hydrogens (tertiary/aromatic N) is 1. The van der Waals surface area contributed by atoms with E-state index in [0.29, 0.717) is 0 Å². The number of carbonyl (C=O) groups excluding carboxylic acids is 2. The van der Waals surface area contributed by atoms with Crippen LogP contribution in [0.4, 0.5) is 19.3 Å². The van der Waals surface area contributed by atoms with Gasteiger partial charge < -0.3 is 19.5 Å². The molecule has 0 aliphatic rings. The molecule has 1 N–H and O–H groups in total. The van der Waals surface area contributed by atoms with Gasteiger partial charge in [-0.05, 0) is 18.2 Å². The Morgan fingerprint density at radius 1 is 1.21 bits per heavy atom. The van der Waals surface area contributed by atoms with Crippen molar-refractivity contribution in [3.8, 4) is 22.9 Å². The van der Waals surface area contributed by atoms with Gasteiger partial charge in [-0.1, -0.05) is 34.8 Å². The lowest BCUT2D eigenvalue weighted by Gasteiger charge is -2.15. The van der Waals surface area contributed by atoms with Gasteiger partial charge in [0.25, 0.3) is 6.43 Å². The fraction of sp³-hybridized carbons (Fsp3) is 0.235. The molecule has 0 spiro atoms. The first-order valence-corrected chi connectivity index (χ1v) is 8.90. The van der Waals surface area contributed by atoms with E-state index < -0.39 is 25.1 Å². The normalized spacial score (nSPS) is 10.6. The molecular formula is C17H13Cl3F2N2O5. The molecule has 29 heavy (non-hydrogen) atoms. The molecule has 0 aliphatic heterocycles. The molecule has 7 nitrogen and oxygen atoms in total. The SMILES string of the molecule is COC(=O)Oc1nc(-c2ccc(Cl)c(OCC(F)F)c2Cl)cc(NC(C)=O)c1Cl. The number of hydrogen-bond acceptors (Lipinski definition) is 6. The van der Waals surface area contributed by atoms with Gasteiger partial charge in [0.1, 0.15) is 11.6 Å². The minimum atomic E-state index is -2.74. The quantitative estimate of drug-likeness (QED) is 0.566. The standard InChI is InChI=1S/C17H13Cl3F2N2O5/c1-7(25)23-11-5-10(24-16(14(11)20)29-17(26)27-2)8-3-4-9(18)15(13(8)19)28-6-12(21)22/h3-5,12H,6H2,1-2H3,(H,23,24,25). The fourth-order valence-corrected chi connectivity index (χ4v) is 2.88. The lowest BCUT2D eigenvalue weighted by atomic mass is 10.1. The number of anilines is 1. The molecule has 12 heteroatoms. The maximum Gasteiger partial charge on any atom is 0.514 e. The molecule has 0 saturated carbocycles. The number of hydrogen-bond donors (Lipinski definition) is 1. The molecule has 2 rings (SSSR count). The molecule has 1 heterocycles. The van der Waals surface area contributed by atoms with Crippen LogP contribution in [0.5, 0.6) is 11.6 Å². The summed E-state index contributed by atoms with van der Waals surface area (Å²) in [5.74, 6) is -1.02. The Balaban J connectivity index is 2.60. The molecule has 0 unspecified atom stereocenters. The molecule has 0 aliphatic carbocycles. The van der Waals surface area contributed by atoms with Gasteiger partial charge in [-0.25, -0.2) is 18.6 Å². The van der Waals surface area contributed by atoms with Crippen LogP contribution in [0.2, 0.25) is 15.1 Å². The summed E-state index contributed by atoms with van der Waals surface area (Å²) in [6, 6.07) is 4.15. The van der Waals surface area contributed by atoms with Gasteiger partial charge in [0.2, 0.25) is 11.8 Å². The molecular weight excluding hydrogens is 457 g/mol. The summed E-state index contributed by atoms with van der Waals surface area (Å²) in [5.41, 5.74) is 0.336. The highest BCUT2D eigenvalue weighted by Gasteiger charge is 2.21. The number of benzene rings is 1. The van der Waals surface area contributed by atoms with Crippen molar-refractivity contribution in [2.24, 2.45) is 0 Å². The van der Waals surface area contributed by atoms with Gasteiger partial charge in [-0.15, -0.1) is 0 Å². The number of methoxy groups -OCH3 is 1. The van der Waals surface area contributed by atoms with Crippen LogP contribution in [0, 0.1) is 0 Å². The van der Waals surface area contributed by atoms with E-state index in [1.165, 1.54) is 25.1 Å². The lowest BCUT2D eigenvalue weighted by Crippen LogP contribution is -2.12. The molecule has 1 amide bonds. The van der Waals surface area contributed by atoms with E-state index in [-0.39, 0.29) is 43.6 Å². The summed E-state index contributed by atoms with van der Waals surface area (Å²) in [7, 11) is 1.08. The molecule has 0 atom stereocenters. The van der Waals surface area contributed by atoms with E-state index >= 15 is 0 Å². The van der Waals surface area contributed by atoms with E-state index in [4.69, 9.17) is 44.3 Å². The Kier molecular flexibility index (Phi) is 7.83. The average molecular weight is 470 g/mol. The highest BCUT2D eigenvalue weighted by molar-refractivity contribution is 6.39. The first-order chi connectivity index (χ1) is 13.6. The van der Waals surface area contributed by atoms with Crippen molar-refractivity contribution >= 4 is 52.6 Å². The smallest absolute Gasteiger partial charge is 0.484 e. The van der Waals surface area contributed by atoms with Crippen molar-refractivity contribution in [3.05, 3.63) is 33.3 Å². The number of pyridine rings is 1. The molecule has 0 saturated heterocycles. The van der Waals surface area contributed by atoms with Crippen LogP contribution in [-0.4, -0.2) is 37.2 Å². The van der Waals surface area contributed by atoms with E-state index in [0.717, 1.165) is 7.11 Å². The minimum absolute atomic E-state index is 0.00137. The zero-order chi connectivity index (χ0) is 21.7. The van der Waals surface area contributed by atoms with Crippen LogP contribution in [0.3, 0.4) is 0 Å². The van der Waals surface area contributed by atoms with E-state index in [9.17, 15) is 18.4 Å². The van der Waals surface area contributed by atoms with Gasteiger partial charge in [0.15, 0.2) is 5.75 Å². The second kappa shape index (κ2) is 9.91. The van der Waals surface area contributed by atoms with Crippen molar-refractivity contribution < 1.29 is 32.6 Å². The van der Waals surface area contributed by atoms with Crippen molar-refractivity contribution in [1.29, 1.82) is 0 Å². The van der Waals surface area contributed by atoms with Crippen LogP contribution in [0.1, 0.15) is 6.92 Å². The molecule has 1 aromatic heterocycles. The first-order valence-electron chi connectivity index (χ1n) is 7.77. The summed E-state index contributed by atoms with van der Waals surface area (Å²) >= 11 is 18.4. The summed E-state index contributed by atoms with van der Waals surface area (Å²) in [6.07, 6.45) is -3.85. The Morgan fingerprint density at radius 2 is 1.90 bits per heavy atom. The van der Waals surface area contributed by atoms with Crippen molar-refractivity contribution in [1.82, 2.24) is 4.98 Å². The number of nitrogens with one attached hydrogen (secondary N) is 1. The number of aromatic nitrogens is 1. The van der Waals surface area contributed by atoms with Gasteiger partial charge in [0.05, 0.1) is 28.5 Å². The van der Waals surface area contributed by atoms with Crippen molar-refractivity contribution in [3.63, 3.8) is 0 Å². The molecule has 0 radical (unpaired) electrons. The number of halogens is 5. The molecule has 0 bridgehead atoms. The monoisotopic (exact) mass is 468 g/mol. The fourth-order valence-electron chi connectivity index (χ4n) is 2.12. The first kappa shape index (κ1) is 22.9. The van der Waals surface area contributed by atoms with Crippen LogP contribution in [0.15, 0.2) is 18.2 Å². The predicted molar refractivity (Wildman–Crippen MR) is 104 cm³/mol. The summed E-state index contributed by atoms with van der Waals surface area (Å²) < 4.78 is 39.3. The van der Waals surface area contributed by atoms with Crippen LogP contribution < -0.4 is 14.8 Å². The van der Waals surface area contributed by atoms with Gasteiger partial charge >= 0.3 is 6.16 Å². The number of ether oxygens (including phenoxy) is 3. The highest BCUT2D eigenvalue weighted by Crippen LogP contribution is 2.42. The van der Waals surface area contributed by atoms with Crippen LogP contribution >= 0.6 is 34.8 Å². The van der Waals surface area contributed by atoms with Crippen molar-refractivity contribution in [2.45, 2.75) is 13.3 Å². The van der Waals surface area contributed by atoms with Crippen LogP contribution in [-0.2, 0) is 9.53 Å². The largest absolute Gasteiger partial charge is 0.514 e. The number of alkyl halides is 2. The Morgan fingerprint density at radius 3 is 2.48 bits per heavy atom. The van der Waals surface area contributed by atoms with Gasteiger partial charge in [-0.2, -0.15) is 0 Å². The highest BCUT2D eigenvalue weighted by atomic mass is 35.5. The summed E-state index contributed by atoms with van der Waals surface area (Å²) in [6.45, 7) is 0.313. The third-order valence-electron chi connectivity index (χ3n) is 3.26. The minimum Gasteiger partial charge on any atom is -0.484 e. The lowest BCUT2D eigenvalue weighted by molar-refractivity contribution is -0.114. The van der Waals surface area contributed by atoms with E-state index in [2.05, 4.69) is 15.0 Å². The zero-order valence-electron chi connectivity index (χ0n) is 14.9. The topological polar surface area (TPSA) is 86.8 Å². The number of carbonyl (C=O) groups is 2. The summed E-state index contributed by atoms with van der Waals surface area (Å²) in [5, 5.41) is 2.17. The Hall–Kier alpha value is -2.36. The maximum atomic E-state index is 12.5. The van der Waals surface area contributed by atoms with Crippen LogP contribution in [0.25, 0.3) is 11.3 Å². The molecule has 156 valence electrons. The second-order valence-electron chi connectivity index (χ2n) is 5.35. The number of amides is 1. The average Bonchev–Trinajstić information content (AvgIpc) is 2.64. The Labute approximate surface area is 178 Å². The number of rotatable bonds is 6. The third-order valence-corrected chi connectivity index (χ3v) is 4.30. The zero-order valence-corrected chi connectivity index (χ0v) is 17.2. The maximum absolute atomic E-state index is 12.5. The Bertz CT molecular complexity index is 944. The van der Waals surface area contributed by atoms with Gasteiger partial charge in [0, 0.05) is 12.5 Å². The third kappa shape index (κ3) is 5.81. The van der Waals surface area contributed by atoms with Gasteiger partial charge in [-0.3, -0.25) is 4.79 Å². The second-order valence-corrected chi connectivity index (χ2v) is 6.51. The molecule has 1 aromatic carbocycles. The van der Waals surface area contributed by atoms with E-state index in [1.54, 1.807) is 0 Å². The van der Waals surface area contributed by atoms with E-state index in [1.807, 2.05) is 0 Å². The summed E-state index contributed by atoms with van der Waals surface area (Å²) in [4.78, 5) is 27.0.